The number of nitrogens with zero attached hydrogens (tertiary/aromatic N) is 1. The summed E-state index contributed by atoms with van der Waals surface area (Å²) < 4.78 is 19.8. The number of rotatable bonds is 6. The van der Waals surface area contributed by atoms with Crippen LogP contribution in [0.15, 0.2) is 56.3 Å². The van der Waals surface area contributed by atoms with E-state index >= 15 is 0 Å². The maximum absolute atomic E-state index is 13.3. The van der Waals surface area contributed by atoms with Gasteiger partial charge in [-0.05, 0) is 23.6 Å². The van der Waals surface area contributed by atoms with Crippen molar-refractivity contribution in [3.8, 4) is 16.9 Å². The van der Waals surface area contributed by atoms with Gasteiger partial charge in [-0.1, -0.05) is 26.0 Å². The Balaban J connectivity index is 1.73. The number of hydrogen-bond acceptors (Lipinski definition) is 5. The quantitative estimate of drug-likeness (QED) is 0.480. The van der Waals surface area contributed by atoms with Gasteiger partial charge < -0.3 is 9.72 Å². The third kappa shape index (κ3) is 4.22. The zero-order valence-corrected chi connectivity index (χ0v) is 17.7. The number of pyridine rings is 1. The Hall–Kier alpha value is -3.46. The summed E-state index contributed by atoms with van der Waals surface area (Å²) in [6.07, 6.45) is 1.44. The van der Waals surface area contributed by atoms with Gasteiger partial charge in [0.05, 0.1) is 18.5 Å². The van der Waals surface area contributed by atoms with Crippen molar-refractivity contribution in [1.82, 2.24) is 14.5 Å². The van der Waals surface area contributed by atoms with Crippen molar-refractivity contribution in [2.75, 3.05) is 6.61 Å². The lowest BCUT2D eigenvalue weighted by molar-refractivity contribution is 0.267. The molecule has 0 spiro atoms. The summed E-state index contributed by atoms with van der Waals surface area (Å²) >= 11 is 1.23. The van der Waals surface area contributed by atoms with Crippen molar-refractivity contribution in [3.05, 3.63) is 84.5 Å². The van der Waals surface area contributed by atoms with Gasteiger partial charge >= 0.3 is 5.69 Å². The highest BCUT2D eigenvalue weighted by Crippen LogP contribution is 2.30. The van der Waals surface area contributed by atoms with Crippen LogP contribution in [0.3, 0.4) is 0 Å². The van der Waals surface area contributed by atoms with Gasteiger partial charge in [0.15, 0.2) is 5.75 Å². The van der Waals surface area contributed by atoms with E-state index < -0.39 is 11.2 Å². The number of aromatic nitrogens is 3. The minimum absolute atomic E-state index is 0.109. The number of fused-ring (bicyclic) bond motifs is 1. The molecule has 0 aliphatic rings. The highest BCUT2D eigenvalue weighted by molar-refractivity contribution is 7.17. The van der Waals surface area contributed by atoms with Gasteiger partial charge in [0, 0.05) is 28.9 Å². The monoisotopic (exact) mass is 441 g/mol. The first-order chi connectivity index (χ1) is 14.8. The van der Waals surface area contributed by atoms with Gasteiger partial charge in [0.1, 0.15) is 10.6 Å². The van der Waals surface area contributed by atoms with Gasteiger partial charge in [0.25, 0.3) is 5.56 Å². The Morgan fingerprint density at radius 2 is 1.90 bits per heavy atom. The van der Waals surface area contributed by atoms with Crippen LogP contribution in [-0.4, -0.2) is 21.1 Å². The van der Waals surface area contributed by atoms with Crippen LogP contribution < -0.4 is 21.4 Å². The fraction of sp³-hybridized carbons (Fsp3) is 0.227. The van der Waals surface area contributed by atoms with Crippen LogP contribution in [0.4, 0.5) is 4.39 Å². The first-order valence-electron chi connectivity index (χ1n) is 9.68. The summed E-state index contributed by atoms with van der Waals surface area (Å²) in [6.45, 7) is 4.25. The second kappa shape index (κ2) is 8.35. The van der Waals surface area contributed by atoms with E-state index in [-0.39, 0.29) is 29.5 Å². The average Bonchev–Trinajstić information content (AvgIpc) is 3.14. The molecule has 1 aromatic carbocycles. The van der Waals surface area contributed by atoms with Crippen molar-refractivity contribution in [2.45, 2.75) is 20.4 Å². The van der Waals surface area contributed by atoms with E-state index in [1.165, 1.54) is 35.7 Å². The summed E-state index contributed by atoms with van der Waals surface area (Å²) in [5.41, 5.74) is 0.283. The number of hydrogen-bond donors (Lipinski definition) is 2. The molecule has 0 saturated carbocycles. The van der Waals surface area contributed by atoms with Gasteiger partial charge in [-0.25, -0.2) is 9.18 Å². The Morgan fingerprint density at radius 1 is 1.16 bits per heavy atom. The maximum Gasteiger partial charge on any atom is 0.329 e. The van der Waals surface area contributed by atoms with Crippen molar-refractivity contribution in [2.24, 2.45) is 5.92 Å². The van der Waals surface area contributed by atoms with E-state index in [4.69, 9.17) is 4.74 Å². The lowest BCUT2D eigenvalue weighted by Crippen LogP contribution is -2.35. The molecule has 0 fully saturated rings. The molecule has 4 rings (SSSR count). The molecule has 0 aliphatic heterocycles. The summed E-state index contributed by atoms with van der Waals surface area (Å²) in [5, 5.41) is 2.10. The lowest BCUT2D eigenvalue weighted by Gasteiger charge is -2.09. The third-order valence-corrected chi connectivity index (χ3v) is 5.60. The van der Waals surface area contributed by atoms with Crippen LogP contribution >= 0.6 is 11.3 Å². The maximum atomic E-state index is 13.3. The molecule has 0 aliphatic carbocycles. The van der Waals surface area contributed by atoms with E-state index in [2.05, 4.69) is 9.97 Å². The minimum atomic E-state index is -0.578. The van der Waals surface area contributed by atoms with Gasteiger partial charge in [-0.3, -0.25) is 19.1 Å². The molecule has 9 heteroatoms. The lowest BCUT2D eigenvalue weighted by atomic mass is 10.1. The number of ether oxygens (including phenoxy) is 1. The molecule has 7 nitrogen and oxygen atoms in total. The topological polar surface area (TPSA) is 96.9 Å². The smallest absolute Gasteiger partial charge is 0.329 e. The van der Waals surface area contributed by atoms with Crippen LogP contribution in [0.5, 0.6) is 5.75 Å². The van der Waals surface area contributed by atoms with Crippen LogP contribution in [0.1, 0.15) is 19.5 Å². The first-order valence-corrected chi connectivity index (χ1v) is 10.6. The number of aromatic amines is 2. The fourth-order valence-corrected chi connectivity index (χ4v) is 4.12. The van der Waals surface area contributed by atoms with Crippen molar-refractivity contribution in [1.29, 1.82) is 0 Å². The predicted molar refractivity (Wildman–Crippen MR) is 119 cm³/mol. The third-order valence-electron chi connectivity index (χ3n) is 4.71. The second-order valence-corrected chi connectivity index (χ2v) is 8.45. The Morgan fingerprint density at radius 3 is 2.58 bits per heavy atom. The molecule has 3 aromatic heterocycles. The van der Waals surface area contributed by atoms with Crippen LogP contribution in [0, 0.1) is 11.7 Å². The van der Waals surface area contributed by atoms with E-state index in [1.54, 1.807) is 17.5 Å². The molecule has 0 radical (unpaired) electrons. The van der Waals surface area contributed by atoms with Crippen LogP contribution in [-0.2, 0) is 6.54 Å². The SMILES string of the molecule is CC(C)COc1c[nH]c(Cn2c(=O)[nH]c3scc(-c4ccc(F)cc4)c3c2=O)cc1=O. The zero-order valence-electron chi connectivity index (χ0n) is 16.9. The molecule has 4 aromatic rings. The Kier molecular flexibility index (Phi) is 5.60. The average molecular weight is 441 g/mol. The zero-order chi connectivity index (χ0) is 22.1. The number of nitrogens with one attached hydrogen (secondary N) is 2. The molecule has 0 atom stereocenters. The largest absolute Gasteiger partial charge is 0.488 e. The molecule has 0 unspecified atom stereocenters. The van der Waals surface area contributed by atoms with Gasteiger partial charge in [-0.2, -0.15) is 0 Å². The minimum Gasteiger partial charge on any atom is -0.488 e. The predicted octanol–water partition coefficient (Wildman–Crippen LogP) is 3.33. The van der Waals surface area contributed by atoms with E-state index in [0.717, 1.165) is 4.57 Å². The standard InChI is InChI=1S/C22H20FN3O4S/c1-12(2)10-30-18-8-24-15(7-17(18)27)9-26-21(28)19-16(11-31-20(19)25-22(26)29)13-3-5-14(23)6-4-13/h3-8,11-12H,9-10H2,1-2H3,(H,24,27)(H,25,29). The van der Waals surface area contributed by atoms with Gasteiger partial charge in [0.2, 0.25) is 5.43 Å². The summed E-state index contributed by atoms with van der Waals surface area (Å²) in [4.78, 5) is 44.1. The Labute approximate surface area is 179 Å². The molecule has 2 N–H and O–H groups in total. The number of benzene rings is 1. The van der Waals surface area contributed by atoms with E-state index in [0.29, 0.717) is 33.6 Å². The van der Waals surface area contributed by atoms with Gasteiger partial charge in [-0.15, -0.1) is 11.3 Å². The highest BCUT2D eigenvalue weighted by atomic mass is 32.1. The second-order valence-electron chi connectivity index (χ2n) is 7.57. The molecule has 0 bridgehead atoms. The van der Waals surface area contributed by atoms with Crippen molar-refractivity contribution >= 4 is 21.6 Å². The molecule has 31 heavy (non-hydrogen) atoms. The molecular formula is C22H20FN3O4S. The molecule has 0 amide bonds. The normalized spacial score (nSPS) is 11.4. The first kappa shape index (κ1) is 20.8. The molecule has 0 saturated heterocycles. The summed E-state index contributed by atoms with van der Waals surface area (Å²) in [5.74, 6) is 0.0771. The number of halogens is 1. The van der Waals surface area contributed by atoms with Crippen molar-refractivity contribution in [3.63, 3.8) is 0 Å². The number of H-pyrrole nitrogens is 2. The van der Waals surface area contributed by atoms with Crippen LogP contribution in [0.25, 0.3) is 21.3 Å². The van der Waals surface area contributed by atoms with E-state index in [1.807, 2.05) is 13.8 Å². The van der Waals surface area contributed by atoms with Crippen LogP contribution in [0.2, 0.25) is 0 Å². The van der Waals surface area contributed by atoms with E-state index in [9.17, 15) is 18.8 Å². The number of thiophene rings is 1. The summed E-state index contributed by atoms with van der Waals surface area (Å²) in [7, 11) is 0. The fourth-order valence-electron chi connectivity index (χ4n) is 3.17. The Bertz CT molecular complexity index is 1410. The highest BCUT2D eigenvalue weighted by Gasteiger charge is 2.16. The summed E-state index contributed by atoms with van der Waals surface area (Å²) in [6, 6.07) is 7.12. The molecular weight excluding hydrogens is 421 g/mol. The molecule has 160 valence electrons. The van der Waals surface area contributed by atoms with Crippen molar-refractivity contribution < 1.29 is 9.13 Å². The molecule has 3 heterocycles.